The van der Waals surface area contributed by atoms with Gasteiger partial charge in [0.1, 0.15) is 0 Å². The van der Waals surface area contributed by atoms with Crippen molar-refractivity contribution in [3.63, 3.8) is 0 Å². The Morgan fingerprint density at radius 2 is 2.16 bits per heavy atom. The molecule has 0 aliphatic heterocycles. The highest BCUT2D eigenvalue weighted by Crippen LogP contribution is 2.14. The van der Waals surface area contributed by atoms with Crippen molar-refractivity contribution < 1.29 is 9.32 Å². The van der Waals surface area contributed by atoms with Crippen LogP contribution in [-0.2, 0) is 6.42 Å². The topological polar surface area (TPSA) is 94.0 Å². The van der Waals surface area contributed by atoms with Crippen molar-refractivity contribution >= 4 is 5.91 Å². The Hall–Kier alpha value is -2.21. The summed E-state index contributed by atoms with van der Waals surface area (Å²) in [5.74, 6) is -0.0742. The first-order valence-corrected chi connectivity index (χ1v) is 6.12. The summed E-state index contributed by atoms with van der Waals surface area (Å²) >= 11 is 0. The first-order chi connectivity index (χ1) is 9.20. The van der Waals surface area contributed by atoms with E-state index in [-0.39, 0.29) is 17.6 Å². The Kier molecular flexibility index (Phi) is 4.25. The fourth-order valence-electron chi connectivity index (χ4n) is 1.67. The Bertz CT molecular complexity index is 539. The van der Waals surface area contributed by atoms with Crippen LogP contribution >= 0.6 is 0 Å². The molecule has 1 atom stereocenters. The van der Waals surface area contributed by atoms with E-state index in [1.807, 2.05) is 37.3 Å². The lowest BCUT2D eigenvalue weighted by Gasteiger charge is -2.05. The van der Waals surface area contributed by atoms with Crippen molar-refractivity contribution in [1.29, 1.82) is 0 Å². The van der Waals surface area contributed by atoms with Gasteiger partial charge in [0.05, 0.1) is 6.04 Å². The maximum Gasteiger partial charge on any atom is 0.292 e. The van der Waals surface area contributed by atoms with Crippen LogP contribution in [0.4, 0.5) is 0 Å². The molecule has 3 N–H and O–H groups in total. The average Bonchev–Trinajstić information content (AvgIpc) is 2.90. The van der Waals surface area contributed by atoms with Crippen molar-refractivity contribution in [3.8, 4) is 0 Å². The zero-order chi connectivity index (χ0) is 13.7. The lowest BCUT2D eigenvalue weighted by atomic mass is 10.1. The fraction of sp³-hybridized carbons (Fsp3) is 0.308. The number of benzene rings is 1. The van der Waals surface area contributed by atoms with E-state index in [1.54, 1.807) is 0 Å². The van der Waals surface area contributed by atoms with Crippen molar-refractivity contribution in [3.05, 3.63) is 47.6 Å². The first kappa shape index (κ1) is 13.2. The zero-order valence-electron chi connectivity index (χ0n) is 10.7. The molecule has 0 spiro atoms. The highest BCUT2D eigenvalue weighted by atomic mass is 16.5. The molecule has 0 aliphatic carbocycles. The van der Waals surface area contributed by atoms with Crippen LogP contribution < -0.4 is 11.1 Å². The number of hydrogen-bond donors (Lipinski definition) is 2. The molecule has 1 heterocycles. The minimum Gasteiger partial charge on any atom is -0.349 e. The summed E-state index contributed by atoms with van der Waals surface area (Å²) in [6.07, 6.45) is 0.581. The van der Waals surface area contributed by atoms with Crippen LogP contribution in [0.15, 0.2) is 34.9 Å². The summed E-state index contributed by atoms with van der Waals surface area (Å²) in [5, 5.41) is 6.22. The number of nitrogens with one attached hydrogen (secondary N) is 1. The standard InChI is InChI=1S/C13H16N4O2/c1-2-15-12(18)11-16-13(19-17-11)10(14)8-9-6-4-3-5-7-9/h3-7,10H,2,8,14H2,1H3,(H,15,18)/t10-/m1/s1. The Labute approximate surface area is 111 Å². The quantitative estimate of drug-likeness (QED) is 0.838. The fourth-order valence-corrected chi connectivity index (χ4v) is 1.67. The molecular weight excluding hydrogens is 244 g/mol. The zero-order valence-corrected chi connectivity index (χ0v) is 10.7. The lowest BCUT2D eigenvalue weighted by Crippen LogP contribution is -2.24. The minimum atomic E-state index is -0.418. The number of carbonyl (C=O) groups is 1. The molecule has 1 amide bonds. The average molecular weight is 260 g/mol. The van der Waals surface area contributed by atoms with Crippen LogP contribution in [0.1, 0.15) is 35.0 Å². The van der Waals surface area contributed by atoms with Gasteiger partial charge in [-0.15, -0.1) is 0 Å². The van der Waals surface area contributed by atoms with Gasteiger partial charge in [0.15, 0.2) is 0 Å². The lowest BCUT2D eigenvalue weighted by molar-refractivity contribution is 0.0942. The molecule has 1 aromatic carbocycles. The van der Waals surface area contributed by atoms with Gasteiger partial charge in [-0.25, -0.2) is 0 Å². The van der Waals surface area contributed by atoms with Crippen LogP contribution in [-0.4, -0.2) is 22.6 Å². The predicted octanol–water partition coefficient (Wildman–Crippen LogP) is 1.06. The first-order valence-electron chi connectivity index (χ1n) is 6.12. The molecule has 2 rings (SSSR count). The number of amides is 1. The van der Waals surface area contributed by atoms with E-state index < -0.39 is 6.04 Å². The van der Waals surface area contributed by atoms with Gasteiger partial charge in [-0.2, -0.15) is 4.98 Å². The Morgan fingerprint density at radius 3 is 2.84 bits per heavy atom. The van der Waals surface area contributed by atoms with E-state index in [9.17, 15) is 4.79 Å². The van der Waals surface area contributed by atoms with Gasteiger partial charge >= 0.3 is 0 Å². The molecular formula is C13H16N4O2. The smallest absolute Gasteiger partial charge is 0.292 e. The highest BCUT2D eigenvalue weighted by molar-refractivity contribution is 5.90. The van der Waals surface area contributed by atoms with Crippen molar-refractivity contribution in [2.24, 2.45) is 5.73 Å². The predicted molar refractivity (Wildman–Crippen MR) is 69.4 cm³/mol. The van der Waals surface area contributed by atoms with Crippen LogP contribution in [0.2, 0.25) is 0 Å². The molecule has 0 bridgehead atoms. The van der Waals surface area contributed by atoms with E-state index >= 15 is 0 Å². The minimum absolute atomic E-state index is 0.0142. The summed E-state index contributed by atoms with van der Waals surface area (Å²) in [4.78, 5) is 15.5. The number of aromatic nitrogens is 2. The molecule has 2 aromatic rings. The van der Waals surface area contributed by atoms with E-state index in [0.717, 1.165) is 5.56 Å². The van der Waals surface area contributed by atoms with Crippen LogP contribution in [0.25, 0.3) is 0 Å². The summed E-state index contributed by atoms with van der Waals surface area (Å²) in [7, 11) is 0. The highest BCUT2D eigenvalue weighted by Gasteiger charge is 2.18. The van der Waals surface area contributed by atoms with Gasteiger partial charge < -0.3 is 15.6 Å². The van der Waals surface area contributed by atoms with Crippen LogP contribution in [0.3, 0.4) is 0 Å². The van der Waals surface area contributed by atoms with E-state index in [1.165, 1.54) is 0 Å². The summed E-state index contributed by atoms with van der Waals surface area (Å²) < 4.78 is 5.02. The van der Waals surface area contributed by atoms with Gasteiger partial charge in [0.2, 0.25) is 5.89 Å². The van der Waals surface area contributed by atoms with E-state index in [0.29, 0.717) is 13.0 Å². The van der Waals surface area contributed by atoms with Crippen molar-refractivity contribution in [1.82, 2.24) is 15.5 Å². The van der Waals surface area contributed by atoms with Crippen molar-refractivity contribution in [2.45, 2.75) is 19.4 Å². The maximum absolute atomic E-state index is 11.5. The third kappa shape index (κ3) is 3.38. The molecule has 0 saturated heterocycles. The molecule has 0 aliphatic rings. The molecule has 0 fully saturated rings. The second kappa shape index (κ2) is 6.10. The Morgan fingerprint density at radius 1 is 1.42 bits per heavy atom. The van der Waals surface area contributed by atoms with Gasteiger partial charge in [-0.3, -0.25) is 4.79 Å². The Balaban J connectivity index is 2.04. The molecule has 6 heteroatoms. The second-order valence-electron chi connectivity index (χ2n) is 4.11. The molecule has 1 aromatic heterocycles. The SMILES string of the molecule is CCNC(=O)c1noc([C@H](N)Cc2ccccc2)n1. The summed E-state index contributed by atoms with van der Waals surface area (Å²) in [6, 6.07) is 9.35. The van der Waals surface area contributed by atoms with Gasteiger partial charge in [0, 0.05) is 6.54 Å². The number of hydrogen-bond acceptors (Lipinski definition) is 5. The molecule has 0 unspecified atom stereocenters. The third-order valence-electron chi connectivity index (χ3n) is 2.60. The number of rotatable bonds is 5. The molecule has 0 radical (unpaired) electrons. The molecule has 100 valence electrons. The largest absolute Gasteiger partial charge is 0.349 e. The summed E-state index contributed by atoms with van der Waals surface area (Å²) in [5.41, 5.74) is 7.06. The van der Waals surface area contributed by atoms with Crippen molar-refractivity contribution in [2.75, 3.05) is 6.54 Å². The monoisotopic (exact) mass is 260 g/mol. The van der Waals surface area contributed by atoms with E-state index in [4.69, 9.17) is 10.3 Å². The second-order valence-corrected chi connectivity index (χ2v) is 4.11. The molecule has 19 heavy (non-hydrogen) atoms. The molecule has 0 saturated carbocycles. The van der Waals surface area contributed by atoms with Gasteiger partial charge in [0.25, 0.3) is 11.7 Å². The molecule has 6 nitrogen and oxygen atoms in total. The van der Waals surface area contributed by atoms with Gasteiger partial charge in [-0.1, -0.05) is 35.5 Å². The van der Waals surface area contributed by atoms with E-state index in [2.05, 4.69) is 15.5 Å². The van der Waals surface area contributed by atoms with Gasteiger partial charge in [-0.05, 0) is 18.9 Å². The maximum atomic E-state index is 11.5. The normalized spacial score (nSPS) is 12.1. The number of nitrogens with zero attached hydrogens (tertiary/aromatic N) is 2. The van der Waals surface area contributed by atoms with Crippen LogP contribution in [0.5, 0.6) is 0 Å². The number of nitrogens with two attached hydrogens (primary N) is 1. The number of carbonyl (C=O) groups excluding carboxylic acids is 1. The summed E-state index contributed by atoms with van der Waals surface area (Å²) in [6.45, 7) is 2.33. The van der Waals surface area contributed by atoms with Crippen LogP contribution in [0, 0.1) is 0 Å². The third-order valence-corrected chi connectivity index (χ3v) is 2.60.